The van der Waals surface area contributed by atoms with Crippen LogP contribution in [-0.2, 0) is 44.9 Å². The van der Waals surface area contributed by atoms with Crippen LogP contribution in [0.4, 0.5) is 0 Å². The van der Waals surface area contributed by atoms with Gasteiger partial charge in [0.25, 0.3) is 11.8 Å². The molecule has 278 valence electrons. The number of nitrogens with one attached hydrogen (secondary N) is 2. The number of carbonyl (C=O) groups is 2. The van der Waals surface area contributed by atoms with Gasteiger partial charge in [0, 0.05) is 25.9 Å². The average Bonchev–Trinajstić information content (AvgIpc) is 3.13. The molecule has 7 rings (SSSR count). The Bertz CT molecular complexity index is 2040. The van der Waals surface area contributed by atoms with Crippen molar-refractivity contribution in [2.24, 2.45) is 10.3 Å². The predicted molar refractivity (Wildman–Crippen MR) is 212 cm³/mol. The van der Waals surface area contributed by atoms with Gasteiger partial charge >= 0.3 is 0 Å². The van der Waals surface area contributed by atoms with Crippen LogP contribution >= 0.6 is 47.8 Å². The number of methoxy groups -OCH3 is 2. The second-order valence-corrected chi connectivity index (χ2v) is 14.2. The number of benzene rings is 4. The van der Waals surface area contributed by atoms with Crippen molar-refractivity contribution in [3.63, 3.8) is 0 Å². The molecule has 0 aliphatic carbocycles. The van der Waals surface area contributed by atoms with E-state index in [0.29, 0.717) is 74.9 Å². The standard InChI is InChI=1S/C38H37Br3N4O8/c1-48-33-10-6-23-12-14-43-38(47)30(45-51-4)19-25-17-28(41)36(49-2)35(21-25)53-32-9-7-24(16-27(32)40)18-29(44-50-3)37(46)42-13-11-22-5-8-31(26(39)15-22)52-34(33)20-23/h5-10,15-17,20-21H,11-14,18-19H2,1-4H3,(H,42,46)(H,43,47)/b44-29+,45-30?. The second kappa shape index (κ2) is 18.9. The summed E-state index contributed by atoms with van der Waals surface area (Å²) < 4.78 is 25.8. The van der Waals surface area contributed by atoms with E-state index in [0.717, 1.165) is 21.2 Å². The molecule has 4 aromatic rings. The molecule has 3 heterocycles. The van der Waals surface area contributed by atoms with E-state index in [4.69, 9.17) is 28.6 Å². The van der Waals surface area contributed by atoms with Crippen LogP contribution in [0.15, 0.2) is 90.5 Å². The summed E-state index contributed by atoms with van der Waals surface area (Å²) in [6, 6.07) is 20.4. The first-order valence-corrected chi connectivity index (χ1v) is 18.7. The molecule has 8 bridgehead atoms. The molecular weight excluding hydrogens is 880 g/mol. The van der Waals surface area contributed by atoms with Crippen molar-refractivity contribution >= 4 is 71.0 Å². The van der Waals surface area contributed by atoms with Crippen molar-refractivity contribution in [1.29, 1.82) is 0 Å². The van der Waals surface area contributed by atoms with Gasteiger partial charge in [0.2, 0.25) is 0 Å². The number of oxime groups is 2. The smallest absolute Gasteiger partial charge is 0.269 e. The summed E-state index contributed by atoms with van der Waals surface area (Å²) >= 11 is 10.8. The van der Waals surface area contributed by atoms with E-state index in [1.165, 1.54) is 21.3 Å². The normalized spacial score (nSPS) is 15.8. The van der Waals surface area contributed by atoms with Crippen molar-refractivity contribution in [3.05, 3.63) is 102 Å². The first kappa shape index (κ1) is 39.6. The lowest BCUT2D eigenvalue weighted by Gasteiger charge is -2.16. The second-order valence-electron chi connectivity index (χ2n) is 11.6. The summed E-state index contributed by atoms with van der Waals surface area (Å²) in [5, 5.41) is 13.9. The number of ether oxygens (including phenoxy) is 4. The van der Waals surface area contributed by atoms with Crippen LogP contribution in [0.2, 0.25) is 0 Å². The molecule has 0 unspecified atom stereocenters. The molecule has 15 heteroatoms. The van der Waals surface area contributed by atoms with Crippen LogP contribution in [0, 0.1) is 0 Å². The Morgan fingerprint density at radius 2 is 1.06 bits per heavy atom. The van der Waals surface area contributed by atoms with Crippen LogP contribution in [0.1, 0.15) is 22.3 Å². The highest BCUT2D eigenvalue weighted by Gasteiger charge is 2.20. The van der Waals surface area contributed by atoms with Crippen molar-refractivity contribution in [2.45, 2.75) is 25.7 Å². The van der Waals surface area contributed by atoms with E-state index in [9.17, 15) is 9.59 Å². The number of hydrogen-bond donors (Lipinski definition) is 2. The van der Waals surface area contributed by atoms with Crippen LogP contribution < -0.4 is 29.6 Å². The van der Waals surface area contributed by atoms with E-state index >= 15 is 0 Å². The molecule has 4 aromatic carbocycles. The fourth-order valence-electron chi connectivity index (χ4n) is 5.47. The quantitative estimate of drug-likeness (QED) is 0.199. The third-order valence-electron chi connectivity index (χ3n) is 8.00. The van der Waals surface area contributed by atoms with Gasteiger partial charge in [0.1, 0.15) is 37.1 Å². The Balaban J connectivity index is 1.48. The predicted octanol–water partition coefficient (Wildman–Crippen LogP) is 7.70. The monoisotopic (exact) mass is 914 g/mol. The van der Waals surface area contributed by atoms with Gasteiger partial charge in [-0.1, -0.05) is 28.5 Å². The Kier molecular flexibility index (Phi) is 14.2. The lowest BCUT2D eigenvalue weighted by molar-refractivity contribution is -0.115. The molecule has 2 N–H and O–H groups in total. The number of carbonyl (C=O) groups excluding carboxylic acids is 2. The number of amides is 2. The van der Waals surface area contributed by atoms with Crippen LogP contribution in [-0.4, -0.2) is 64.8 Å². The zero-order chi connectivity index (χ0) is 37.9. The first-order valence-electron chi connectivity index (χ1n) is 16.3. The third-order valence-corrected chi connectivity index (χ3v) is 9.83. The molecule has 0 atom stereocenters. The Morgan fingerprint density at radius 1 is 0.566 bits per heavy atom. The Labute approximate surface area is 332 Å². The number of halogens is 3. The highest BCUT2D eigenvalue weighted by molar-refractivity contribution is 9.11. The van der Waals surface area contributed by atoms with Gasteiger partial charge in [-0.05, 0) is 131 Å². The summed E-state index contributed by atoms with van der Waals surface area (Å²) in [5.74, 6) is 2.27. The minimum Gasteiger partial charge on any atom is -0.493 e. The molecule has 0 saturated heterocycles. The van der Waals surface area contributed by atoms with Crippen molar-refractivity contribution in [3.8, 4) is 34.5 Å². The minimum atomic E-state index is -0.383. The maximum atomic E-state index is 13.4. The first-order chi connectivity index (χ1) is 25.6. The van der Waals surface area contributed by atoms with Gasteiger partial charge < -0.3 is 39.3 Å². The average molecular weight is 917 g/mol. The number of fused-ring (bicyclic) bond motifs is 2. The van der Waals surface area contributed by atoms with Gasteiger partial charge in [0.15, 0.2) is 23.0 Å². The molecule has 0 saturated carbocycles. The van der Waals surface area contributed by atoms with E-state index < -0.39 is 0 Å². The van der Waals surface area contributed by atoms with Crippen LogP contribution in [0.25, 0.3) is 0 Å². The fourth-order valence-corrected chi connectivity index (χ4v) is 7.14. The Hall–Kier alpha value is -4.60. The van der Waals surface area contributed by atoms with Gasteiger partial charge in [-0.2, -0.15) is 0 Å². The summed E-state index contributed by atoms with van der Waals surface area (Å²) in [5.41, 5.74) is 3.77. The topological polar surface area (TPSA) is 138 Å². The molecule has 0 spiro atoms. The van der Waals surface area contributed by atoms with E-state index in [1.807, 2.05) is 54.6 Å². The number of nitrogens with zero attached hydrogens (tertiary/aromatic N) is 2. The molecule has 12 nitrogen and oxygen atoms in total. The van der Waals surface area contributed by atoms with Crippen molar-refractivity contribution in [2.75, 3.05) is 41.5 Å². The maximum Gasteiger partial charge on any atom is 0.269 e. The summed E-state index contributed by atoms with van der Waals surface area (Å²) in [7, 11) is 5.90. The lowest BCUT2D eigenvalue weighted by atomic mass is 10.1. The molecule has 3 aliphatic rings. The highest BCUT2D eigenvalue weighted by Crippen LogP contribution is 2.41. The molecule has 0 aromatic heterocycles. The molecule has 53 heavy (non-hydrogen) atoms. The van der Waals surface area contributed by atoms with Crippen LogP contribution in [0.5, 0.6) is 34.5 Å². The van der Waals surface area contributed by atoms with Gasteiger partial charge in [0.05, 0.1) is 27.6 Å². The minimum absolute atomic E-state index is 0.136. The SMILES string of the molecule is CON=C1Cc2cc(Br)c(OC)c(c2)Oc2ccc(cc2Br)C/C(=N\OC)C(=O)NCCc2ccc(c(Br)c2)Oc2cc(ccc2OC)CCNC1=O. The largest absolute Gasteiger partial charge is 0.493 e. The third kappa shape index (κ3) is 10.5. The zero-order valence-electron chi connectivity index (χ0n) is 29.4. The molecule has 0 fully saturated rings. The lowest BCUT2D eigenvalue weighted by Crippen LogP contribution is -2.34. The van der Waals surface area contributed by atoms with E-state index in [1.54, 1.807) is 19.2 Å². The molecule has 0 radical (unpaired) electrons. The number of rotatable bonds is 4. The highest BCUT2D eigenvalue weighted by atomic mass is 79.9. The fraction of sp³-hybridized carbons (Fsp3) is 0.263. The maximum absolute atomic E-state index is 13.4. The van der Waals surface area contributed by atoms with Gasteiger partial charge in [-0.3, -0.25) is 9.59 Å². The zero-order valence-corrected chi connectivity index (χ0v) is 34.1. The van der Waals surface area contributed by atoms with E-state index in [2.05, 4.69) is 68.7 Å². The van der Waals surface area contributed by atoms with Gasteiger partial charge in [-0.15, -0.1) is 0 Å². The number of hydrogen-bond acceptors (Lipinski definition) is 10. The molecule has 3 aliphatic heterocycles. The Morgan fingerprint density at radius 3 is 1.62 bits per heavy atom. The summed E-state index contributed by atoms with van der Waals surface area (Å²) in [6.45, 7) is 0.693. The molecular formula is C38H37Br3N4O8. The van der Waals surface area contributed by atoms with Gasteiger partial charge in [-0.25, -0.2) is 0 Å². The van der Waals surface area contributed by atoms with Crippen LogP contribution in [0.3, 0.4) is 0 Å². The van der Waals surface area contributed by atoms with Crippen molar-refractivity contribution < 1.29 is 38.2 Å². The molecule has 2 amide bonds. The summed E-state index contributed by atoms with van der Waals surface area (Å²) in [6.07, 6.45) is 1.41. The van der Waals surface area contributed by atoms with Crippen molar-refractivity contribution in [1.82, 2.24) is 10.6 Å². The summed E-state index contributed by atoms with van der Waals surface area (Å²) in [4.78, 5) is 36.6. The van der Waals surface area contributed by atoms with E-state index in [-0.39, 0.29) is 36.1 Å².